The van der Waals surface area contributed by atoms with Gasteiger partial charge < -0.3 is 5.73 Å². The molecule has 0 aliphatic heterocycles. The average molecular weight is 271 g/mol. The SMILES string of the molecule is Cc1cc(F)c(S(=O)(=O)N(C)CCC#N)cc1N. The highest BCUT2D eigenvalue weighted by molar-refractivity contribution is 7.89. The first kappa shape index (κ1) is 14.4. The number of anilines is 1. The Morgan fingerprint density at radius 3 is 2.67 bits per heavy atom. The zero-order chi connectivity index (χ0) is 13.9. The van der Waals surface area contributed by atoms with E-state index in [9.17, 15) is 12.8 Å². The fourth-order valence-electron chi connectivity index (χ4n) is 1.36. The number of sulfonamides is 1. The van der Waals surface area contributed by atoms with Crippen LogP contribution >= 0.6 is 0 Å². The number of rotatable bonds is 4. The quantitative estimate of drug-likeness (QED) is 0.835. The largest absolute Gasteiger partial charge is 0.398 e. The van der Waals surface area contributed by atoms with Crippen LogP contribution in [-0.2, 0) is 10.0 Å². The minimum Gasteiger partial charge on any atom is -0.398 e. The van der Waals surface area contributed by atoms with Crippen LogP contribution in [0.3, 0.4) is 0 Å². The number of nitrogen functional groups attached to an aromatic ring is 1. The van der Waals surface area contributed by atoms with Crippen LogP contribution in [0.2, 0.25) is 0 Å². The molecule has 1 aromatic rings. The summed E-state index contributed by atoms with van der Waals surface area (Å²) in [5.74, 6) is -0.842. The molecule has 0 radical (unpaired) electrons. The van der Waals surface area contributed by atoms with E-state index in [2.05, 4.69) is 0 Å². The highest BCUT2D eigenvalue weighted by Crippen LogP contribution is 2.23. The molecule has 0 saturated heterocycles. The maximum absolute atomic E-state index is 13.7. The maximum Gasteiger partial charge on any atom is 0.245 e. The summed E-state index contributed by atoms with van der Waals surface area (Å²) in [6.07, 6.45) is 0.0404. The smallest absolute Gasteiger partial charge is 0.245 e. The van der Waals surface area contributed by atoms with Gasteiger partial charge in [-0.15, -0.1) is 0 Å². The minimum atomic E-state index is -3.95. The molecule has 0 aliphatic carbocycles. The molecule has 0 atom stereocenters. The van der Waals surface area contributed by atoms with E-state index >= 15 is 0 Å². The van der Waals surface area contributed by atoms with Crippen molar-refractivity contribution in [1.82, 2.24) is 4.31 Å². The van der Waals surface area contributed by atoms with E-state index in [0.29, 0.717) is 5.56 Å². The molecule has 0 aliphatic rings. The first-order valence-corrected chi connectivity index (χ1v) is 6.63. The molecule has 0 aromatic heterocycles. The summed E-state index contributed by atoms with van der Waals surface area (Å²) in [6, 6.07) is 4.02. The van der Waals surface area contributed by atoms with Gasteiger partial charge in [0.1, 0.15) is 10.7 Å². The summed E-state index contributed by atoms with van der Waals surface area (Å²) >= 11 is 0. The standard InChI is InChI=1S/C11H14FN3O2S/c1-8-6-9(12)11(7-10(8)14)18(16,17)15(2)5-3-4-13/h6-7H,3,5,14H2,1-2H3. The predicted molar refractivity (Wildman–Crippen MR) is 65.6 cm³/mol. The number of nitriles is 1. The molecule has 5 nitrogen and oxygen atoms in total. The summed E-state index contributed by atoms with van der Waals surface area (Å²) in [5, 5.41) is 8.42. The summed E-state index contributed by atoms with van der Waals surface area (Å²) in [6.45, 7) is 1.60. The van der Waals surface area contributed by atoms with E-state index < -0.39 is 20.7 Å². The van der Waals surface area contributed by atoms with Gasteiger partial charge in [0.25, 0.3) is 0 Å². The fraction of sp³-hybridized carbons (Fsp3) is 0.364. The Morgan fingerprint density at radius 1 is 1.50 bits per heavy atom. The van der Waals surface area contributed by atoms with Crippen LogP contribution in [0.1, 0.15) is 12.0 Å². The van der Waals surface area contributed by atoms with Crippen molar-refractivity contribution in [3.63, 3.8) is 0 Å². The highest BCUT2D eigenvalue weighted by Gasteiger charge is 2.24. The van der Waals surface area contributed by atoms with Crippen LogP contribution in [0.15, 0.2) is 17.0 Å². The van der Waals surface area contributed by atoms with Crippen LogP contribution in [0, 0.1) is 24.1 Å². The predicted octanol–water partition coefficient (Wildman–Crippen LogP) is 1.25. The zero-order valence-electron chi connectivity index (χ0n) is 10.1. The van der Waals surface area contributed by atoms with E-state index in [1.807, 2.05) is 6.07 Å². The monoisotopic (exact) mass is 271 g/mol. The lowest BCUT2D eigenvalue weighted by atomic mass is 10.2. The molecule has 7 heteroatoms. The lowest BCUT2D eigenvalue weighted by molar-refractivity contribution is 0.469. The van der Waals surface area contributed by atoms with Gasteiger partial charge in [-0.3, -0.25) is 0 Å². The van der Waals surface area contributed by atoms with Gasteiger partial charge in [0.2, 0.25) is 10.0 Å². The lowest BCUT2D eigenvalue weighted by Crippen LogP contribution is -2.28. The Morgan fingerprint density at radius 2 is 2.11 bits per heavy atom. The van der Waals surface area contributed by atoms with Gasteiger partial charge >= 0.3 is 0 Å². The van der Waals surface area contributed by atoms with Crippen LogP contribution in [0.25, 0.3) is 0 Å². The van der Waals surface area contributed by atoms with Crippen molar-refractivity contribution >= 4 is 15.7 Å². The van der Waals surface area contributed by atoms with Crippen molar-refractivity contribution in [2.75, 3.05) is 19.3 Å². The first-order chi connectivity index (χ1) is 8.30. The van der Waals surface area contributed by atoms with Gasteiger partial charge in [-0.05, 0) is 24.6 Å². The minimum absolute atomic E-state index is 0.00601. The fourth-order valence-corrected chi connectivity index (χ4v) is 2.61. The number of benzene rings is 1. The Bertz CT molecular complexity index is 593. The summed E-state index contributed by atoms with van der Waals surface area (Å²) in [5.41, 5.74) is 6.27. The molecule has 0 amide bonds. The third-order valence-corrected chi connectivity index (χ3v) is 4.42. The molecule has 1 aromatic carbocycles. The summed E-state index contributed by atoms with van der Waals surface area (Å²) < 4.78 is 38.7. The Kier molecular flexibility index (Phi) is 4.27. The molecular weight excluding hydrogens is 257 g/mol. The van der Waals surface area contributed by atoms with Gasteiger partial charge in [-0.2, -0.15) is 9.57 Å². The van der Waals surface area contributed by atoms with Crippen LogP contribution in [-0.4, -0.2) is 26.3 Å². The molecule has 0 fully saturated rings. The third kappa shape index (κ3) is 2.78. The number of nitrogens with two attached hydrogens (primary N) is 1. The Hall–Kier alpha value is -1.65. The Balaban J connectivity index is 3.21. The lowest BCUT2D eigenvalue weighted by Gasteiger charge is -2.17. The first-order valence-electron chi connectivity index (χ1n) is 5.19. The topological polar surface area (TPSA) is 87.2 Å². The van der Waals surface area contributed by atoms with Gasteiger partial charge in [-0.25, -0.2) is 12.8 Å². The van der Waals surface area contributed by atoms with Crippen LogP contribution in [0.4, 0.5) is 10.1 Å². The molecule has 2 N–H and O–H groups in total. The maximum atomic E-state index is 13.7. The Labute approximate surface area is 106 Å². The van der Waals surface area contributed by atoms with Gasteiger partial charge in [-0.1, -0.05) is 0 Å². The number of halogens is 1. The molecule has 18 heavy (non-hydrogen) atoms. The summed E-state index contributed by atoms with van der Waals surface area (Å²) in [7, 11) is -2.66. The van der Waals surface area contributed by atoms with E-state index in [-0.39, 0.29) is 18.7 Å². The summed E-state index contributed by atoms with van der Waals surface area (Å²) in [4.78, 5) is -0.467. The van der Waals surface area contributed by atoms with Gasteiger partial charge in [0.15, 0.2) is 0 Å². The average Bonchev–Trinajstić information content (AvgIpc) is 2.30. The number of hydrogen-bond donors (Lipinski definition) is 1. The molecule has 0 bridgehead atoms. The van der Waals surface area contributed by atoms with E-state index in [0.717, 1.165) is 16.4 Å². The molecule has 0 saturated carbocycles. The van der Waals surface area contributed by atoms with Crippen LogP contribution in [0.5, 0.6) is 0 Å². The number of hydrogen-bond acceptors (Lipinski definition) is 4. The second-order valence-corrected chi connectivity index (χ2v) is 5.89. The molecule has 0 heterocycles. The number of nitrogens with zero attached hydrogens (tertiary/aromatic N) is 2. The normalized spacial score (nSPS) is 11.5. The molecule has 1 rings (SSSR count). The molecular formula is C11H14FN3O2S. The van der Waals surface area contributed by atoms with Crippen molar-refractivity contribution in [2.45, 2.75) is 18.2 Å². The highest BCUT2D eigenvalue weighted by atomic mass is 32.2. The van der Waals surface area contributed by atoms with E-state index in [1.165, 1.54) is 7.05 Å². The second-order valence-electron chi connectivity index (χ2n) is 3.87. The van der Waals surface area contributed by atoms with Crippen molar-refractivity contribution in [3.8, 4) is 6.07 Å². The van der Waals surface area contributed by atoms with E-state index in [1.54, 1.807) is 6.92 Å². The van der Waals surface area contributed by atoms with Gasteiger partial charge in [0.05, 0.1) is 6.07 Å². The van der Waals surface area contributed by atoms with Gasteiger partial charge in [0, 0.05) is 25.7 Å². The van der Waals surface area contributed by atoms with Crippen LogP contribution < -0.4 is 5.73 Å². The zero-order valence-corrected chi connectivity index (χ0v) is 11.0. The second kappa shape index (κ2) is 5.33. The van der Waals surface area contributed by atoms with Crippen molar-refractivity contribution in [2.24, 2.45) is 0 Å². The van der Waals surface area contributed by atoms with Crippen molar-refractivity contribution in [1.29, 1.82) is 5.26 Å². The van der Waals surface area contributed by atoms with Crippen molar-refractivity contribution in [3.05, 3.63) is 23.5 Å². The number of aryl methyl sites for hydroxylation is 1. The molecule has 98 valence electrons. The van der Waals surface area contributed by atoms with E-state index in [4.69, 9.17) is 11.0 Å². The molecule has 0 spiro atoms. The third-order valence-electron chi connectivity index (χ3n) is 2.55. The molecule has 0 unspecified atom stereocenters. The van der Waals surface area contributed by atoms with Crippen molar-refractivity contribution < 1.29 is 12.8 Å².